The normalized spacial score (nSPS) is 22.2. The second kappa shape index (κ2) is 4.65. The molecule has 0 aromatic rings. The first-order valence-corrected chi connectivity index (χ1v) is 5.77. The maximum Gasteiger partial charge on any atom is 0.0360 e. The molecule has 1 rings (SSSR count). The molecule has 1 fully saturated rings. The molecule has 0 saturated carbocycles. The van der Waals surface area contributed by atoms with E-state index in [1.807, 2.05) is 0 Å². The van der Waals surface area contributed by atoms with E-state index < -0.39 is 0 Å². The first kappa shape index (κ1) is 11.3. The van der Waals surface area contributed by atoms with Crippen LogP contribution >= 0.6 is 11.6 Å². The lowest BCUT2D eigenvalue weighted by molar-refractivity contribution is 0.198. The van der Waals surface area contributed by atoms with E-state index in [0.717, 1.165) is 0 Å². The zero-order valence-electron chi connectivity index (χ0n) is 9.15. The van der Waals surface area contributed by atoms with Crippen LogP contribution in [-0.4, -0.2) is 29.9 Å². The summed E-state index contributed by atoms with van der Waals surface area (Å²) in [4.78, 5) is 2.55. The third-order valence-corrected chi connectivity index (χ3v) is 3.13. The number of hydrogen-bond donors (Lipinski definition) is 0. The molecule has 1 heterocycles. The van der Waals surface area contributed by atoms with E-state index >= 15 is 0 Å². The highest BCUT2D eigenvalue weighted by Gasteiger charge is 2.18. The topological polar surface area (TPSA) is 3.24 Å². The van der Waals surface area contributed by atoms with Gasteiger partial charge in [-0.3, -0.25) is 0 Å². The Morgan fingerprint density at radius 1 is 1.23 bits per heavy atom. The van der Waals surface area contributed by atoms with Crippen LogP contribution < -0.4 is 0 Å². The summed E-state index contributed by atoms with van der Waals surface area (Å²) in [5.41, 5.74) is 0.470. The molecule has 1 aliphatic heterocycles. The molecule has 0 bridgehead atoms. The number of halogens is 1. The minimum atomic E-state index is 0.436. The summed E-state index contributed by atoms with van der Waals surface area (Å²) in [6, 6.07) is 0. The van der Waals surface area contributed by atoms with Gasteiger partial charge in [-0.1, -0.05) is 20.8 Å². The molecule has 0 unspecified atom stereocenters. The highest BCUT2D eigenvalue weighted by atomic mass is 35.5. The molecule has 2 heteroatoms. The van der Waals surface area contributed by atoms with Gasteiger partial charge in [0.1, 0.15) is 0 Å². The van der Waals surface area contributed by atoms with Gasteiger partial charge in [-0.05, 0) is 44.3 Å². The van der Waals surface area contributed by atoms with E-state index in [1.165, 1.54) is 38.9 Å². The van der Waals surface area contributed by atoms with Crippen molar-refractivity contribution in [2.75, 3.05) is 19.6 Å². The van der Waals surface area contributed by atoms with Gasteiger partial charge in [0, 0.05) is 5.38 Å². The summed E-state index contributed by atoms with van der Waals surface area (Å²) in [5.74, 6) is 0. The highest BCUT2D eigenvalue weighted by molar-refractivity contribution is 6.20. The standard InChI is InChI=1S/C11H22ClN/c1-11(2,3)6-9-13-7-4-10(12)5-8-13/h10H,4-9H2,1-3H3. The Hall–Kier alpha value is 0.250. The van der Waals surface area contributed by atoms with Gasteiger partial charge in [0.15, 0.2) is 0 Å². The molecule has 1 saturated heterocycles. The third kappa shape index (κ3) is 4.87. The van der Waals surface area contributed by atoms with Crippen molar-refractivity contribution in [1.82, 2.24) is 4.90 Å². The lowest BCUT2D eigenvalue weighted by Crippen LogP contribution is -2.36. The van der Waals surface area contributed by atoms with Crippen LogP contribution in [-0.2, 0) is 0 Å². The van der Waals surface area contributed by atoms with Gasteiger partial charge in [0.05, 0.1) is 0 Å². The lowest BCUT2D eigenvalue weighted by Gasteiger charge is -2.31. The van der Waals surface area contributed by atoms with Crippen LogP contribution in [0.4, 0.5) is 0 Å². The monoisotopic (exact) mass is 203 g/mol. The molecule has 0 aromatic carbocycles. The summed E-state index contributed by atoms with van der Waals surface area (Å²) < 4.78 is 0. The Bertz CT molecular complexity index is 143. The molecule has 0 atom stereocenters. The number of piperidine rings is 1. The molecular weight excluding hydrogens is 182 g/mol. The van der Waals surface area contributed by atoms with Crippen molar-refractivity contribution in [3.8, 4) is 0 Å². The molecule has 0 aliphatic carbocycles. The fraction of sp³-hybridized carbons (Fsp3) is 1.00. The third-order valence-electron chi connectivity index (χ3n) is 2.70. The van der Waals surface area contributed by atoms with Crippen molar-refractivity contribution in [2.45, 2.75) is 45.4 Å². The van der Waals surface area contributed by atoms with Crippen molar-refractivity contribution in [3.63, 3.8) is 0 Å². The number of alkyl halides is 1. The van der Waals surface area contributed by atoms with E-state index in [2.05, 4.69) is 25.7 Å². The molecule has 1 nitrogen and oxygen atoms in total. The molecule has 0 amide bonds. The maximum atomic E-state index is 6.05. The summed E-state index contributed by atoms with van der Waals surface area (Å²) in [5, 5.41) is 0.436. The second-order valence-corrected chi connectivity index (χ2v) is 5.94. The SMILES string of the molecule is CC(C)(C)CCN1CCC(Cl)CC1. The van der Waals surface area contributed by atoms with Gasteiger partial charge < -0.3 is 4.90 Å². The van der Waals surface area contributed by atoms with Crippen LogP contribution in [0.1, 0.15) is 40.0 Å². The smallest absolute Gasteiger partial charge is 0.0360 e. The van der Waals surface area contributed by atoms with Crippen LogP contribution in [0.2, 0.25) is 0 Å². The molecule has 13 heavy (non-hydrogen) atoms. The minimum absolute atomic E-state index is 0.436. The quantitative estimate of drug-likeness (QED) is 0.624. The van der Waals surface area contributed by atoms with Crippen LogP contribution in [0.5, 0.6) is 0 Å². The Kier molecular flexibility index (Phi) is 4.06. The van der Waals surface area contributed by atoms with Crippen molar-refractivity contribution < 1.29 is 0 Å². The summed E-state index contributed by atoms with van der Waals surface area (Å²) >= 11 is 6.05. The van der Waals surface area contributed by atoms with Gasteiger partial charge in [0.25, 0.3) is 0 Å². The van der Waals surface area contributed by atoms with Gasteiger partial charge >= 0.3 is 0 Å². The highest BCUT2D eigenvalue weighted by Crippen LogP contribution is 2.21. The fourth-order valence-corrected chi connectivity index (χ4v) is 1.81. The van der Waals surface area contributed by atoms with Gasteiger partial charge in [0.2, 0.25) is 0 Å². The van der Waals surface area contributed by atoms with Gasteiger partial charge in [-0.15, -0.1) is 11.6 Å². The van der Waals surface area contributed by atoms with E-state index in [1.54, 1.807) is 0 Å². The minimum Gasteiger partial charge on any atom is -0.303 e. The number of hydrogen-bond acceptors (Lipinski definition) is 1. The van der Waals surface area contributed by atoms with Crippen molar-refractivity contribution >= 4 is 11.6 Å². The van der Waals surface area contributed by atoms with Gasteiger partial charge in [-0.25, -0.2) is 0 Å². The number of rotatable bonds is 2. The Balaban J connectivity index is 2.16. The molecule has 0 radical (unpaired) electrons. The zero-order valence-corrected chi connectivity index (χ0v) is 9.90. The van der Waals surface area contributed by atoms with E-state index in [9.17, 15) is 0 Å². The van der Waals surface area contributed by atoms with Crippen LogP contribution in [0.15, 0.2) is 0 Å². The number of nitrogens with zero attached hydrogens (tertiary/aromatic N) is 1. The first-order chi connectivity index (χ1) is 5.97. The van der Waals surface area contributed by atoms with Crippen molar-refractivity contribution in [1.29, 1.82) is 0 Å². The fourth-order valence-electron chi connectivity index (χ4n) is 1.62. The van der Waals surface area contributed by atoms with E-state index in [-0.39, 0.29) is 0 Å². The predicted molar refractivity (Wildman–Crippen MR) is 59.4 cm³/mol. The van der Waals surface area contributed by atoms with Crippen molar-refractivity contribution in [2.24, 2.45) is 5.41 Å². The predicted octanol–water partition coefficient (Wildman–Crippen LogP) is 3.13. The largest absolute Gasteiger partial charge is 0.303 e. The maximum absolute atomic E-state index is 6.05. The Morgan fingerprint density at radius 2 is 1.77 bits per heavy atom. The molecule has 1 aliphatic rings. The van der Waals surface area contributed by atoms with Crippen molar-refractivity contribution in [3.05, 3.63) is 0 Å². The summed E-state index contributed by atoms with van der Waals surface area (Å²) in [7, 11) is 0. The molecule has 0 spiro atoms. The Labute approximate surface area is 87.4 Å². The molecular formula is C11H22ClN. The first-order valence-electron chi connectivity index (χ1n) is 5.34. The average Bonchev–Trinajstić information content (AvgIpc) is 2.02. The number of likely N-dealkylation sites (tertiary alicyclic amines) is 1. The van der Waals surface area contributed by atoms with E-state index in [4.69, 9.17) is 11.6 Å². The molecule has 78 valence electrons. The summed E-state index contributed by atoms with van der Waals surface area (Å²) in [6.07, 6.45) is 3.64. The molecule has 0 aromatic heterocycles. The molecule has 0 N–H and O–H groups in total. The van der Waals surface area contributed by atoms with Crippen LogP contribution in [0.3, 0.4) is 0 Å². The zero-order chi connectivity index (χ0) is 9.90. The Morgan fingerprint density at radius 3 is 2.23 bits per heavy atom. The van der Waals surface area contributed by atoms with E-state index in [0.29, 0.717) is 10.8 Å². The van der Waals surface area contributed by atoms with Gasteiger partial charge in [-0.2, -0.15) is 0 Å². The average molecular weight is 204 g/mol. The lowest BCUT2D eigenvalue weighted by atomic mass is 9.92. The second-order valence-electron chi connectivity index (χ2n) is 5.33. The van der Waals surface area contributed by atoms with Crippen LogP contribution in [0.25, 0.3) is 0 Å². The van der Waals surface area contributed by atoms with Crippen LogP contribution in [0, 0.1) is 5.41 Å². The summed E-state index contributed by atoms with van der Waals surface area (Å²) in [6.45, 7) is 10.6.